The molecule has 2 aromatic carbocycles. The minimum absolute atomic E-state index is 0.620. The third-order valence-electron chi connectivity index (χ3n) is 4.47. The van der Waals surface area contributed by atoms with Crippen LogP contribution >= 0.6 is 11.6 Å². The molecular weight excluding hydrogens is 374 g/mol. The number of benzene rings is 2. The summed E-state index contributed by atoms with van der Waals surface area (Å²) in [6.07, 6.45) is 4.47. The summed E-state index contributed by atoms with van der Waals surface area (Å²) < 4.78 is 5.36. The van der Waals surface area contributed by atoms with Crippen molar-refractivity contribution in [3.8, 4) is 5.75 Å². The van der Waals surface area contributed by atoms with Gasteiger partial charge in [-0.1, -0.05) is 29.8 Å². The summed E-state index contributed by atoms with van der Waals surface area (Å²) in [5.74, 6) is 2.10. The van der Waals surface area contributed by atoms with Gasteiger partial charge in [0, 0.05) is 34.7 Å². The van der Waals surface area contributed by atoms with E-state index in [1.54, 1.807) is 19.2 Å². The molecule has 0 aliphatic carbocycles. The number of aromatic nitrogens is 3. The Kier molecular flexibility index (Phi) is 5.30. The van der Waals surface area contributed by atoms with Crippen molar-refractivity contribution in [2.45, 2.75) is 6.42 Å². The van der Waals surface area contributed by atoms with Gasteiger partial charge in [-0.2, -0.15) is 0 Å². The maximum atomic E-state index is 6.09. The van der Waals surface area contributed by atoms with E-state index in [1.807, 2.05) is 18.2 Å². The highest BCUT2D eigenvalue weighted by Crippen LogP contribution is 2.30. The van der Waals surface area contributed by atoms with Crippen molar-refractivity contribution in [1.82, 2.24) is 15.0 Å². The monoisotopic (exact) mass is 393 g/mol. The highest BCUT2D eigenvalue weighted by atomic mass is 35.5. The summed E-state index contributed by atoms with van der Waals surface area (Å²) >= 11 is 6.09. The smallest absolute Gasteiger partial charge is 0.142 e. The maximum absolute atomic E-state index is 6.09. The van der Waals surface area contributed by atoms with Crippen molar-refractivity contribution < 1.29 is 4.74 Å². The fourth-order valence-corrected chi connectivity index (χ4v) is 3.27. The van der Waals surface area contributed by atoms with E-state index < -0.39 is 0 Å². The summed E-state index contributed by atoms with van der Waals surface area (Å²) in [5.41, 5.74) is 3.18. The van der Waals surface area contributed by atoms with E-state index in [1.165, 1.54) is 17.3 Å². The number of nitrogens with zero attached hydrogens (tertiary/aromatic N) is 2. The van der Waals surface area contributed by atoms with E-state index in [2.05, 4.69) is 50.0 Å². The van der Waals surface area contributed by atoms with E-state index in [4.69, 9.17) is 16.3 Å². The number of halogens is 1. The molecule has 4 aromatic rings. The fraction of sp³-hybridized carbons (Fsp3) is 0.143. The van der Waals surface area contributed by atoms with Gasteiger partial charge in [-0.25, -0.2) is 9.97 Å². The number of ether oxygens (including phenoxy) is 1. The largest absolute Gasteiger partial charge is 0.495 e. The van der Waals surface area contributed by atoms with E-state index in [-0.39, 0.29) is 0 Å². The molecule has 0 aliphatic rings. The van der Waals surface area contributed by atoms with Crippen molar-refractivity contribution in [3.63, 3.8) is 0 Å². The van der Waals surface area contributed by atoms with Crippen LogP contribution in [0.25, 0.3) is 10.9 Å². The second kappa shape index (κ2) is 8.19. The summed E-state index contributed by atoms with van der Waals surface area (Å²) in [4.78, 5) is 11.9. The van der Waals surface area contributed by atoms with E-state index >= 15 is 0 Å². The summed E-state index contributed by atoms with van der Waals surface area (Å²) in [5, 5.41) is 8.45. The Morgan fingerprint density at radius 3 is 2.82 bits per heavy atom. The van der Waals surface area contributed by atoms with Gasteiger partial charge in [0.25, 0.3) is 0 Å². The van der Waals surface area contributed by atoms with Crippen LogP contribution in [0.2, 0.25) is 5.02 Å². The summed E-state index contributed by atoms with van der Waals surface area (Å²) in [7, 11) is 1.62. The molecule has 0 unspecified atom stereocenters. The third-order valence-corrected chi connectivity index (χ3v) is 4.70. The normalized spacial score (nSPS) is 10.8. The quantitative estimate of drug-likeness (QED) is 0.411. The fourth-order valence-electron chi connectivity index (χ4n) is 3.10. The predicted molar refractivity (Wildman–Crippen MR) is 114 cm³/mol. The molecular formula is C21H20ClN5O. The van der Waals surface area contributed by atoms with Gasteiger partial charge in [0.05, 0.1) is 12.8 Å². The molecule has 28 heavy (non-hydrogen) atoms. The number of hydrogen-bond donors (Lipinski definition) is 3. The molecule has 2 heterocycles. The molecule has 0 saturated carbocycles. The first-order valence-electron chi connectivity index (χ1n) is 8.94. The molecule has 0 radical (unpaired) electrons. The molecule has 0 saturated heterocycles. The lowest BCUT2D eigenvalue weighted by atomic mass is 10.1. The van der Waals surface area contributed by atoms with Gasteiger partial charge < -0.3 is 20.4 Å². The first-order valence-corrected chi connectivity index (χ1v) is 9.32. The number of rotatable bonds is 7. The molecule has 0 atom stereocenters. The number of anilines is 3. The van der Waals surface area contributed by atoms with Crippen molar-refractivity contribution in [2.75, 3.05) is 24.3 Å². The SMILES string of the molecule is COc1ccc(Cl)cc1Nc1cc(NCCc2c[nH]c3ccccc23)ncn1. The Morgan fingerprint density at radius 2 is 1.93 bits per heavy atom. The third kappa shape index (κ3) is 4.02. The van der Waals surface area contributed by atoms with E-state index in [9.17, 15) is 0 Å². The lowest BCUT2D eigenvalue weighted by molar-refractivity contribution is 0.417. The van der Waals surface area contributed by atoms with Crippen molar-refractivity contribution in [1.29, 1.82) is 0 Å². The zero-order chi connectivity index (χ0) is 19.3. The zero-order valence-electron chi connectivity index (χ0n) is 15.4. The first kappa shape index (κ1) is 18.1. The van der Waals surface area contributed by atoms with Gasteiger partial charge in [0.1, 0.15) is 23.7 Å². The van der Waals surface area contributed by atoms with Gasteiger partial charge in [-0.05, 0) is 36.2 Å². The standard InChI is InChI=1S/C21H20ClN5O/c1-28-19-7-6-15(22)10-18(19)27-21-11-20(25-13-26-21)23-9-8-14-12-24-17-5-3-2-4-16(14)17/h2-7,10-13,24H,8-9H2,1H3,(H2,23,25,26,27). The van der Waals surface area contributed by atoms with E-state index in [0.29, 0.717) is 16.6 Å². The minimum Gasteiger partial charge on any atom is -0.495 e. The van der Waals surface area contributed by atoms with Crippen LogP contribution in [0, 0.1) is 0 Å². The van der Waals surface area contributed by atoms with Crippen LogP contribution in [0.3, 0.4) is 0 Å². The molecule has 7 heteroatoms. The number of aromatic amines is 1. The van der Waals surface area contributed by atoms with Crippen LogP contribution in [0.5, 0.6) is 5.75 Å². The second-order valence-corrected chi connectivity index (χ2v) is 6.73. The van der Waals surface area contributed by atoms with Crippen LogP contribution in [-0.4, -0.2) is 28.6 Å². The van der Waals surface area contributed by atoms with Crippen LogP contribution in [0.1, 0.15) is 5.56 Å². The molecule has 0 aliphatic heterocycles. The molecule has 2 aromatic heterocycles. The van der Waals surface area contributed by atoms with Gasteiger partial charge in [0.2, 0.25) is 0 Å². The van der Waals surface area contributed by atoms with Crippen molar-refractivity contribution in [3.05, 3.63) is 71.6 Å². The average Bonchev–Trinajstić information content (AvgIpc) is 3.12. The van der Waals surface area contributed by atoms with Crippen LogP contribution in [0.4, 0.5) is 17.3 Å². The number of nitrogens with one attached hydrogen (secondary N) is 3. The van der Waals surface area contributed by atoms with Crippen LogP contribution in [-0.2, 0) is 6.42 Å². The summed E-state index contributed by atoms with van der Waals surface area (Å²) in [6.45, 7) is 0.763. The lowest BCUT2D eigenvalue weighted by Gasteiger charge is -2.12. The molecule has 0 fully saturated rings. The Balaban J connectivity index is 1.42. The molecule has 0 bridgehead atoms. The Hall–Kier alpha value is -3.25. The predicted octanol–water partition coefficient (Wildman–Crippen LogP) is 5.02. The van der Waals surface area contributed by atoms with Crippen molar-refractivity contribution >= 4 is 39.8 Å². The van der Waals surface area contributed by atoms with E-state index in [0.717, 1.165) is 30.0 Å². The molecule has 0 spiro atoms. The second-order valence-electron chi connectivity index (χ2n) is 6.29. The molecule has 3 N–H and O–H groups in total. The van der Waals surface area contributed by atoms with Gasteiger partial charge in [-0.15, -0.1) is 0 Å². The highest BCUT2D eigenvalue weighted by molar-refractivity contribution is 6.31. The number of methoxy groups -OCH3 is 1. The Bertz CT molecular complexity index is 1100. The number of para-hydroxylation sites is 1. The van der Waals surface area contributed by atoms with Gasteiger partial charge in [0.15, 0.2) is 0 Å². The lowest BCUT2D eigenvalue weighted by Crippen LogP contribution is -2.07. The zero-order valence-corrected chi connectivity index (χ0v) is 16.1. The number of H-pyrrole nitrogens is 1. The topological polar surface area (TPSA) is 74.9 Å². The number of hydrogen-bond acceptors (Lipinski definition) is 5. The van der Waals surface area contributed by atoms with Gasteiger partial charge >= 0.3 is 0 Å². The number of fused-ring (bicyclic) bond motifs is 1. The first-order chi connectivity index (χ1) is 13.7. The average molecular weight is 394 g/mol. The maximum Gasteiger partial charge on any atom is 0.142 e. The highest BCUT2D eigenvalue weighted by Gasteiger charge is 2.07. The molecule has 6 nitrogen and oxygen atoms in total. The molecule has 4 rings (SSSR count). The van der Waals surface area contributed by atoms with Gasteiger partial charge in [-0.3, -0.25) is 0 Å². The van der Waals surface area contributed by atoms with Crippen molar-refractivity contribution in [2.24, 2.45) is 0 Å². The Labute approximate surface area is 167 Å². The Morgan fingerprint density at radius 1 is 1.07 bits per heavy atom. The van der Waals surface area contributed by atoms with Crippen LogP contribution < -0.4 is 15.4 Å². The molecule has 0 amide bonds. The van der Waals surface area contributed by atoms with Crippen LogP contribution in [0.15, 0.2) is 61.1 Å². The molecule has 142 valence electrons. The minimum atomic E-state index is 0.620. The summed E-state index contributed by atoms with van der Waals surface area (Å²) in [6, 6.07) is 15.5.